The predicted molar refractivity (Wildman–Crippen MR) is 68.3 cm³/mol. The first kappa shape index (κ1) is 11.7. The van der Waals surface area contributed by atoms with Gasteiger partial charge in [-0.05, 0) is 50.3 Å². The molecule has 2 nitrogen and oxygen atoms in total. The molecule has 88 valence electrons. The molecular formula is C12H24N2S. The summed E-state index contributed by atoms with van der Waals surface area (Å²) in [6.45, 7) is 3.98. The summed E-state index contributed by atoms with van der Waals surface area (Å²) in [5.74, 6) is 3.64. The third kappa shape index (κ3) is 3.97. The largest absolute Gasteiger partial charge is 0.328 e. The summed E-state index contributed by atoms with van der Waals surface area (Å²) in [6, 6.07) is 0.501. The summed E-state index contributed by atoms with van der Waals surface area (Å²) in [5.41, 5.74) is 5.94. The number of thioether (sulfide) groups is 1. The van der Waals surface area contributed by atoms with E-state index < -0.39 is 0 Å². The molecule has 0 radical (unpaired) electrons. The first-order valence-electron chi connectivity index (χ1n) is 6.40. The fraction of sp³-hybridized carbons (Fsp3) is 1.00. The van der Waals surface area contributed by atoms with Gasteiger partial charge in [-0.15, -0.1) is 0 Å². The Balaban J connectivity index is 1.70. The predicted octanol–water partition coefficient (Wildman–Crippen LogP) is 1.94. The van der Waals surface area contributed by atoms with Crippen LogP contribution in [0.1, 0.15) is 32.1 Å². The Morgan fingerprint density at radius 3 is 2.67 bits per heavy atom. The molecule has 0 atom stereocenters. The van der Waals surface area contributed by atoms with Crippen molar-refractivity contribution < 1.29 is 0 Å². The van der Waals surface area contributed by atoms with Crippen LogP contribution in [0.5, 0.6) is 0 Å². The maximum atomic E-state index is 5.94. The minimum Gasteiger partial charge on any atom is -0.328 e. The van der Waals surface area contributed by atoms with Crippen molar-refractivity contribution in [3.63, 3.8) is 0 Å². The molecule has 0 spiro atoms. The molecule has 2 rings (SSSR count). The van der Waals surface area contributed by atoms with Crippen LogP contribution in [-0.4, -0.2) is 42.1 Å². The van der Waals surface area contributed by atoms with Gasteiger partial charge in [-0.2, -0.15) is 11.8 Å². The minimum absolute atomic E-state index is 0.501. The Labute approximate surface area is 98.0 Å². The molecule has 0 aromatic carbocycles. The van der Waals surface area contributed by atoms with Crippen molar-refractivity contribution >= 4 is 11.8 Å². The molecule has 2 fully saturated rings. The number of hydrogen-bond donors (Lipinski definition) is 1. The standard InChI is InChI=1S/C12H24N2S/c13-12-4-2-11(3-5-12)10-14-6-1-8-15-9-7-14/h11-12H,1-10,13H2. The van der Waals surface area contributed by atoms with E-state index in [1.807, 2.05) is 0 Å². The third-order valence-corrected chi connectivity index (χ3v) is 4.77. The SMILES string of the molecule is NC1CCC(CN2CCCSCC2)CC1. The average molecular weight is 228 g/mol. The molecule has 0 amide bonds. The minimum atomic E-state index is 0.501. The maximum Gasteiger partial charge on any atom is 0.00725 e. The first-order valence-corrected chi connectivity index (χ1v) is 7.56. The van der Waals surface area contributed by atoms with E-state index in [1.165, 1.54) is 63.2 Å². The monoisotopic (exact) mass is 228 g/mol. The maximum absolute atomic E-state index is 5.94. The lowest BCUT2D eigenvalue weighted by atomic mass is 9.86. The van der Waals surface area contributed by atoms with Gasteiger partial charge in [0.25, 0.3) is 0 Å². The van der Waals surface area contributed by atoms with Crippen molar-refractivity contribution in [3.8, 4) is 0 Å². The van der Waals surface area contributed by atoms with Gasteiger partial charge in [0.1, 0.15) is 0 Å². The second kappa shape index (κ2) is 6.12. The Kier molecular flexibility index (Phi) is 4.79. The van der Waals surface area contributed by atoms with Crippen LogP contribution < -0.4 is 5.73 Å². The van der Waals surface area contributed by atoms with Crippen LogP contribution in [0.25, 0.3) is 0 Å². The molecule has 1 saturated carbocycles. The highest BCUT2D eigenvalue weighted by Crippen LogP contribution is 2.24. The van der Waals surface area contributed by atoms with Crippen LogP contribution in [0, 0.1) is 5.92 Å². The molecule has 0 aromatic rings. The molecule has 2 N–H and O–H groups in total. The van der Waals surface area contributed by atoms with Crippen molar-refractivity contribution in [1.29, 1.82) is 0 Å². The Bertz CT molecular complexity index is 170. The summed E-state index contributed by atoms with van der Waals surface area (Å²) in [6.07, 6.45) is 6.63. The number of nitrogens with two attached hydrogens (primary N) is 1. The van der Waals surface area contributed by atoms with E-state index in [0.29, 0.717) is 6.04 Å². The fourth-order valence-corrected chi connectivity index (χ4v) is 3.64. The molecule has 3 heteroatoms. The van der Waals surface area contributed by atoms with Crippen LogP contribution >= 0.6 is 11.8 Å². The smallest absolute Gasteiger partial charge is 0.00725 e. The van der Waals surface area contributed by atoms with Crippen LogP contribution in [0.2, 0.25) is 0 Å². The highest BCUT2D eigenvalue weighted by Gasteiger charge is 2.21. The van der Waals surface area contributed by atoms with Crippen molar-refractivity contribution in [2.45, 2.75) is 38.1 Å². The lowest BCUT2D eigenvalue weighted by Crippen LogP contribution is -2.35. The zero-order valence-electron chi connectivity index (χ0n) is 9.66. The highest BCUT2D eigenvalue weighted by atomic mass is 32.2. The van der Waals surface area contributed by atoms with Gasteiger partial charge in [-0.3, -0.25) is 0 Å². The van der Waals surface area contributed by atoms with E-state index in [9.17, 15) is 0 Å². The highest BCUT2D eigenvalue weighted by molar-refractivity contribution is 7.99. The molecule has 2 aliphatic rings. The van der Waals surface area contributed by atoms with Crippen LogP contribution in [0.4, 0.5) is 0 Å². The van der Waals surface area contributed by atoms with Gasteiger partial charge in [0.05, 0.1) is 0 Å². The van der Waals surface area contributed by atoms with Crippen molar-refractivity contribution in [3.05, 3.63) is 0 Å². The molecule has 1 aliphatic carbocycles. The zero-order chi connectivity index (χ0) is 10.5. The second-order valence-corrected chi connectivity index (χ2v) is 6.27. The summed E-state index contributed by atoms with van der Waals surface area (Å²) < 4.78 is 0. The van der Waals surface area contributed by atoms with Crippen molar-refractivity contribution in [2.24, 2.45) is 11.7 Å². The molecule has 0 aromatic heterocycles. The molecule has 1 heterocycles. The Morgan fingerprint density at radius 2 is 1.87 bits per heavy atom. The molecule has 1 saturated heterocycles. The van der Waals surface area contributed by atoms with E-state index in [-0.39, 0.29) is 0 Å². The Morgan fingerprint density at radius 1 is 1.07 bits per heavy atom. The summed E-state index contributed by atoms with van der Waals surface area (Å²) in [5, 5.41) is 0. The van der Waals surface area contributed by atoms with E-state index in [2.05, 4.69) is 16.7 Å². The molecule has 15 heavy (non-hydrogen) atoms. The molecule has 0 bridgehead atoms. The molecule has 1 aliphatic heterocycles. The van der Waals surface area contributed by atoms with Crippen LogP contribution in [0.3, 0.4) is 0 Å². The average Bonchev–Trinajstić information content (AvgIpc) is 2.50. The van der Waals surface area contributed by atoms with Gasteiger partial charge in [-0.25, -0.2) is 0 Å². The van der Waals surface area contributed by atoms with Gasteiger partial charge >= 0.3 is 0 Å². The van der Waals surface area contributed by atoms with E-state index >= 15 is 0 Å². The number of rotatable bonds is 2. The van der Waals surface area contributed by atoms with Crippen LogP contribution in [0.15, 0.2) is 0 Å². The van der Waals surface area contributed by atoms with E-state index in [0.717, 1.165) is 5.92 Å². The molecular weight excluding hydrogens is 204 g/mol. The van der Waals surface area contributed by atoms with Gasteiger partial charge in [0, 0.05) is 24.9 Å². The quantitative estimate of drug-likeness (QED) is 0.783. The summed E-state index contributed by atoms with van der Waals surface area (Å²) in [4.78, 5) is 2.68. The van der Waals surface area contributed by atoms with E-state index in [4.69, 9.17) is 5.73 Å². The summed E-state index contributed by atoms with van der Waals surface area (Å²) in [7, 11) is 0. The van der Waals surface area contributed by atoms with Crippen molar-refractivity contribution in [1.82, 2.24) is 4.90 Å². The lowest BCUT2D eigenvalue weighted by Gasteiger charge is -2.30. The molecule has 0 unspecified atom stereocenters. The lowest BCUT2D eigenvalue weighted by molar-refractivity contribution is 0.205. The number of nitrogens with zero attached hydrogens (tertiary/aromatic N) is 1. The summed E-state index contributed by atoms with van der Waals surface area (Å²) >= 11 is 2.12. The van der Waals surface area contributed by atoms with Crippen molar-refractivity contribution in [2.75, 3.05) is 31.1 Å². The van der Waals surface area contributed by atoms with Gasteiger partial charge < -0.3 is 10.6 Å². The van der Waals surface area contributed by atoms with Gasteiger partial charge in [0.2, 0.25) is 0 Å². The normalized spacial score (nSPS) is 35.0. The van der Waals surface area contributed by atoms with E-state index in [1.54, 1.807) is 0 Å². The van der Waals surface area contributed by atoms with Gasteiger partial charge in [0.15, 0.2) is 0 Å². The fourth-order valence-electron chi connectivity index (χ4n) is 2.72. The van der Waals surface area contributed by atoms with Crippen LogP contribution in [-0.2, 0) is 0 Å². The topological polar surface area (TPSA) is 29.3 Å². The second-order valence-electron chi connectivity index (χ2n) is 5.05. The van der Waals surface area contributed by atoms with Gasteiger partial charge in [-0.1, -0.05) is 0 Å². The third-order valence-electron chi connectivity index (χ3n) is 3.72. The Hall–Kier alpha value is 0.270. The first-order chi connectivity index (χ1) is 7.34. The zero-order valence-corrected chi connectivity index (χ0v) is 10.5. The number of hydrogen-bond acceptors (Lipinski definition) is 3.